The minimum Gasteiger partial charge on any atom is -0.494 e. The number of hydrogen-bond acceptors (Lipinski definition) is 5. The lowest BCUT2D eigenvalue weighted by atomic mass is 10.00. The Labute approximate surface area is 173 Å². The third-order valence-corrected chi connectivity index (χ3v) is 5.86. The number of thioether (sulfide) groups is 1. The Bertz CT molecular complexity index is 1020. The van der Waals surface area contributed by atoms with Crippen LogP contribution in [0.4, 0.5) is 5.69 Å². The van der Waals surface area contributed by atoms with Gasteiger partial charge in [-0.25, -0.2) is 4.98 Å². The highest BCUT2D eigenvalue weighted by molar-refractivity contribution is 7.99. The van der Waals surface area contributed by atoms with Crippen molar-refractivity contribution in [2.75, 3.05) is 17.7 Å². The van der Waals surface area contributed by atoms with Crippen molar-refractivity contribution >= 4 is 23.4 Å². The Morgan fingerprint density at radius 1 is 1.31 bits per heavy atom. The summed E-state index contributed by atoms with van der Waals surface area (Å²) in [5, 5.41) is 13.8. The van der Waals surface area contributed by atoms with Crippen LogP contribution in [-0.4, -0.2) is 32.9 Å². The lowest BCUT2D eigenvalue weighted by Gasteiger charge is -2.22. The Morgan fingerprint density at radius 2 is 2.17 bits per heavy atom. The highest BCUT2D eigenvalue weighted by Crippen LogP contribution is 2.33. The van der Waals surface area contributed by atoms with Crippen LogP contribution >= 0.6 is 11.8 Å². The fourth-order valence-corrected chi connectivity index (χ4v) is 4.21. The lowest BCUT2D eigenvalue weighted by molar-refractivity contribution is -0.118. The first-order chi connectivity index (χ1) is 14.1. The van der Waals surface area contributed by atoms with Crippen molar-refractivity contribution in [2.45, 2.75) is 31.0 Å². The van der Waals surface area contributed by atoms with Crippen LogP contribution in [0.15, 0.2) is 60.0 Å². The molecule has 2 heterocycles. The molecule has 1 unspecified atom stereocenters. The van der Waals surface area contributed by atoms with Gasteiger partial charge in [-0.15, -0.1) is 0 Å². The number of nitrogens with one attached hydrogen (secondary N) is 1. The van der Waals surface area contributed by atoms with Gasteiger partial charge < -0.3 is 15.2 Å². The van der Waals surface area contributed by atoms with E-state index in [9.17, 15) is 9.90 Å². The molecule has 1 atom stereocenters. The quantitative estimate of drug-likeness (QED) is 0.454. The number of carbonyl (C=O) groups is 1. The molecule has 0 saturated heterocycles. The topological polar surface area (TPSA) is 76.4 Å². The highest BCUT2D eigenvalue weighted by atomic mass is 32.2. The van der Waals surface area contributed by atoms with E-state index in [1.165, 1.54) is 5.56 Å². The number of ether oxygens (including phenoxy) is 1. The Morgan fingerprint density at radius 3 is 3.03 bits per heavy atom. The molecule has 2 aromatic carbocycles. The van der Waals surface area contributed by atoms with Gasteiger partial charge in [0.15, 0.2) is 5.16 Å². The van der Waals surface area contributed by atoms with E-state index in [2.05, 4.69) is 33.9 Å². The summed E-state index contributed by atoms with van der Waals surface area (Å²) >= 11 is 1.70. The first-order valence-electron chi connectivity index (χ1n) is 9.58. The summed E-state index contributed by atoms with van der Waals surface area (Å²) in [6.45, 7) is 2.66. The Balaban J connectivity index is 1.30. The molecule has 6 nitrogen and oxygen atoms in total. The SMILES string of the molecule is Cc1ccccc1-n1ccnc1SCCCOc1ccc2c(c1)C(O)CC(=O)N2. The number of imidazole rings is 1. The number of rotatable bonds is 7. The van der Waals surface area contributed by atoms with Crippen molar-refractivity contribution in [1.29, 1.82) is 0 Å². The number of carbonyl (C=O) groups excluding carboxylic acids is 1. The minimum absolute atomic E-state index is 0.0840. The number of para-hydroxylation sites is 1. The normalized spacial score (nSPS) is 15.7. The molecule has 7 heteroatoms. The number of hydrogen-bond donors (Lipinski definition) is 2. The third kappa shape index (κ3) is 4.46. The summed E-state index contributed by atoms with van der Waals surface area (Å²) in [7, 11) is 0. The molecule has 1 aliphatic heterocycles. The van der Waals surface area contributed by atoms with Crippen LogP contribution in [0.3, 0.4) is 0 Å². The summed E-state index contributed by atoms with van der Waals surface area (Å²) in [6.07, 6.45) is 3.97. The van der Waals surface area contributed by atoms with Crippen molar-refractivity contribution < 1.29 is 14.6 Å². The van der Waals surface area contributed by atoms with Gasteiger partial charge in [0.2, 0.25) is 5.91 Å². The van der Waals surface area contributed by atoms with E-state index in [0.717, 1.165) is 23.0 Å². The second kappa shape index (κ2) is 8.71. The maximum Gasteiger partial charge on any atom is 0.227 e. The maximum absolute atomic E-state index is 11.5. The van der Waals surface area contributed by atoms with Crippen molar-refractivity contribution in [3.63, 3.8) is 0 Å². The molecule has 0 saturated carbocycles. The Hall–Kier alpha value is -2.77. The van der Waals surface area contributed by atoms with Gasteiger partial charge >= 0.3 is 0 Å². The molecule has 1 aliphatic rings. The van der Waals surface area contributed by atoms with E-state index in [4.69, 9.17) is 4.74 Å². The second-order valence-electron chi connectivity index (χ2n) is 6.93. The zero-order valence-corrected chi connectivity index (χ0v) is 17.0. The van der Waals surface area contributed by atoms with E-state index >= 15 is 0 Å². The van der Waals surface area contributed by atoms with Gasteiger partial charge in [0.05, 0.1) is 24.8 Å². The molecule has 1 aromatic heterocycles. The zero-order valence-electron chi connectivity index (χ0n) is 16.2. The molecule has 4 rings (SSSR count). The Kier molecular flexibility index (Phi) is 5.87. The van der Waals surface area contributed by atoms with Gasteiger partial charge in [-0.05, 0) is 43.2 Å². The van der Waals surface area contributed by atoms with Crippen LogP contribution in [-0.2, 0) is 4.79 Å². The molecular weight excluding hydrogens is 386 g/mol. The van der Waals surface area contributed by atoms with Crippen LogP contribution in [0.2, 0.25) is 0 Å². The van der Waals surface area contributed by atoms with Gasteiger partial charge in [-0.1, -0.05) is 30.0 Å². The number of nitrogens with zero attached hydrogens (tertiary/aromatic N) is 2. The van der Waals surface area contributed by atoms with Crippen molar-refractivity contribution in [3.8, 4) is 11.4 Å². The highest BCUT2D eigenvalue weighted by Gasteiger charge is 2.23. The van der Waals surface area contributed by atoms with Crippen LogP contribution in [0.5, 0.6) is 5.75 Å². The average molecular weight is 410 g/mol. The molecular formula is C22H23N3O3S. The van der Waals surface area contributed by atoms with E-state index in [-0.39, 0.29) is 12.3 Å². The van der Waals surface area contributed by atoms with Gasteiger partial charge in [0, 0.05) is 29.4 Å². The first-order valence-corrected chi connectivity index (χ1v) is 10.6. The number of aliphatic hydroxyl groups is 1. The van der Waals surface area contributed by atoms with Gasteiger partial charge in [0.25, 0.3) is 0 Å². The molecule has 29 heavy (non-hydrogen) atoms. The number of anilines is 1. The lowest BCUT2D eigenvalue weighted by Crippen LogP contribution is -2.22. The van der Waals surface area contributed by atoms with E-state index < -0.39 is 6.10 Å². The molecule has 1 amide bonds. The van der Waals surface area contributed by atoms with E-state index in [1.54, 1.807) is 23.9 Å². The number of fused-ring (bicyclic) bond motifs is 1. The van der Waals surface area contributed by atoms with Crippen LogP contribution in [0.1, 0.15) is 30.1 Å². The fraction of sp³-hybridized carbons (Fsp3) is 0.273. The molecule has 3 aromatic rings. The second-order valence-corrected chi connectivity index (χ2v) is 8.00. The first kappa shape index (κ1) is 19.5. The van der Waals surface area contributed by atoms with Gasteiger partial charge in [-0.3, -0.25) is 9.36 Å². The molecule has 0 fully saturated rings. The third-order valence-electron chi connectivity index (χ3n) is 4.81. The zero-order chi connectivity index (χ0) is 20.2. The standard InChI is InChI=1S/C22H23N3O3S/c1-15-5-2-3-6-19(15)25-10-9-23-22(25)29-12-4-11-28-16-7-8-18-17(13-16)20(26)14-21(27)24-18/h2-3,5-10,13,20,26H,4,11-12,14H2,1H3,(H,24,27). The van der Waals surface area contributed by atoms with E-state index in [0.29, 0.717) is 23.6 Å². The summed E-state index contributed by atoms with van der Waals surface area (Å²) in [6, 6.07) is 13.7. The largest absolute Gasteiger partial charge is 0.494 e. The smallest absolute Gasteiger partial charge is 0.227 e. The summed E-state index contributed by atoms with van der Waals surface area (Å²) < 4.78 is 7.95. The van der Waals surface area contributed by atoms with Gasteiger partial charge in [-0.2, -0.15) is 0 Å². The van der Waals surface area contributed by atoms with E-state index in [1.807, 2.05) is 30.6 Å². The molecule has 150 valence electrons. The summed E-state index contributed by atoms with van der Waals surface area (Å²) in [4.78, 5) is 16.0. The number of benzene rings is 2. The minimum atomic E-state index is -0.779. The maximum atomic E-state index is 11.5. The van der Waals surface area contributed by atoms with Gasteiger partial charge in [0.1, 0.15) is 5.75 Å². The summed E-state index contributed by atoms with van der Waals surface area (Å²) in [5.41, 5.74) is 3.71. The number of amides is 1. The predicted octanol–water partition coefficient (Wildman–Crippen LogP) is 4.12. The fourth-order valence-electron chi connectivity index (χ4n) is 3.33. The molecule has 0 aliphatic carbocycles. The monoisotopic (exact) mass is 409 g/mol. The number of aliphatic hydroxyl groups excluding tert-OH is 1. The van der Waals surface area contributed by atoms with Crippen molar-refractivity contribution in [3.05, 3.63) is 66.0 Å². The van der Waals surface area contributed by atoms with Crippen LogP contribution < -0.4 is 10.1 Å². The average Bonchev–Trinajstić information content (AvgIpc) is 3.16. The molecule has 2 N–H and O–H groups in total. The van der Waals surface area contributed by atoms with Crippen LogP contribution in [0.25, 0.3) is 5.69 Å². The van der Waals surface area contributed by atoms with Crippen LogP contribution in [0, 0.1) is 6.92 Å². The predicted molar refractivity (Wildman–Crippen MR) is 114 cm³/mol. The molecule has 0 spiro atoms. The molecule has 0 radical (unpaired) electrons. The number of aryl methyl sites for hydroxylation is 1. The summed E-state index contributed by atoms with van der Waals surface area (Å²) in [5.74, 6) is 1.41. The van der Waals surface area contributed by atoms with Crippen molar-refractivity contribution in [2.24, 2.45) is 0 Å². The van der Waals surface area contributed by atoms with Crippen molar-refractivity contribution in [1.82, 2.24) is 9.55 Å². The molecule has 0 bridgehead atoms. The number of aromatic nitrogens is 2.